The van der Waals surface area contributed by atoms with Crippen molar-refractivity contribution in [3.05, 3.63) is 35.4 Å². The molecule has 0 saturated heterocycles. The van der Waals surface area contributed by atoms with Crippen LogP contribution in [0, 0.1) is 0 Å². The summed E-state index contributed by atoms with van der Waals surface area (Å²) in [6, 6.07) is 8.55. The second kappa shape index (κ2) is 5.11. The van der Waals surface area contributed by atoms with Gasteiger partial charge >= 0.3 is 0 Å². The third kappa shape index (κ3) is 3.33. The van der Waals surface area contributed by atoms with Gasteiger partial charge in [0.1, 0.15) is 0 Å². The minimum Gasteiger partial charge on any atom is -0.354 e. The van der Waals surface area contributed by atoms with Crippen molar-refractivity contribution in [2.75, 3.05) is 0 Å². The number of hydrogen-bond donors (Lipinski definition) is 2. The third-order valence-electron chi connectivity index (χ3n) is 3.38. The Morgan fingerprint density at radius 3 is 2.78 bits per heavy atom. The summed E-state index contributed by atoms with van der Waals surface area (Å²) < 4.78 is 0. The number of benzene rings is 1. The molecule has 1 aromatic rings. The van der Waals surface area contributed by atoms with Gasteiger partial charge in [0, 0.05) is 18.0 Å². The second-order valence-electron chi connectivity index (χ2n) is 5.58. The Bertz CT molecular complexity index is 436. The molecule has 1 amide bonds. The Balaban J connectivity index is 1.92. The van der Waals surface area contributed by atoms with E-state index in [0.29, 0.717) is 6.42 Å². The topological polar surface area (TPSA) is 55.1 Å². The average Bonchev–Trinajstić information content (AvgIpc) is 3.06. The Labute approximate surface area is 109 Å². The second-order valence-corrected chi connectivity index (χ2v) is 5.58. The van der Waals surface area contributed by atoms with Gasteiger partial charge in [0.15, 0.2) is 0 Å². The standard InChI is InChI=1S/C15H22N2O/c1-11(2)17-14(18)7-6-12-4-3-5-13(10-12)15(16)8-9-15/h3-5,10-11H,6-9,16H2,1-2H3,(H,17,18). The Morgan fingerprint density at radius 1 is 1.44 bits per heavy atom. The first kappa shape index (κ1) is 13.1. The highest BCUT2D eigenvalue weighted by Crippen LogP contribution is 2.42. The fourth-order valence-electron chi connectivity index (χ4n) is 2.11. The summed E-state index contributed by atoms with van der Waals surface area (Å²) in [6.07, 6.45) is 3.47. The first-order valence-corrected chi connectivity index (χ1v) is 6.67. The summed E-state index contributed by atoms with van der Waals surface area (Å²) in [7, 11) is 0. The van der Waals surface area contributed by atoms with Gasteiger partial charge in [-0.2, -0.15) is 0 Å². The van der Waals surface area contributed by atoms with Crippen LogP contribution >= 0.6 is 0 Å². The SMILES string of the molecule is CC(C)NC(=O)CCc1cccc(C2(N)CC2)c1. The molecular formula is C15H22N2O. The van der Waals surface area contributed by atoms with Gasteiger partial charge in [0.25, 0.3) is 0 Å². The largest absolute Gasteiger partial charge is 0.354 e. The van der Waals surface area contributed by atoms with Gasteiger partial charge in [-0.3, -0.25) is 4.79 Å². The van der Waals surface area contributed by atoms with Crippen molar-refractivity contribution in [2.45, 2.75) is 51.1 Å². The summed E-state index contributed by atoms with van der Waals surface area (Å²) in [6.45, 7) is 3.95. The van der Waals surface area contributed by atoms with Crippen LogP contribution in [0.3, 0.4) is 0 Å². The molecule has 3 N–H and O–H groups in total. The maximum atomic E-state index is 11.6. The summed E-state index contributed by atoms with van der Waals surface area (Å²) in [5.41, 5.74) is 8.50. The Kier molecular flexibility index (Phi) is 3.71. The molecule has 3 nitrogen and oxygen atoms in total. The van der Waals surface area contributed by atoms with E-state index in [4.69, 9.17) is 5.73 Å². The highest BCUT2D eigenvalue weighted by atomic mass is 16.1. The number of carbonyl (C=O) groups is 1. The fraction of sp³-hybridized carbons (Fsp3) is 0.533. The number of aryl methyl sites for hydroxylation is 1. The number of amides is 1. The lowest BCUT2D eigenvalue weighted by Crippen LogP contribution is -2.30. The van der Waals surface area contributed by atoms with Gasteiger partial charge in [-0.1, -0.05) is 24.3 Å². The first-order valence-electron chi connectivity index (χ1n) is 6.67. The molecule has 0 bridgehead atoms. The Hall–Kier alpha value is -1.35. The number of nitrogens with two attached hydrogens (primary N) is 1. The van der Waals surface area contributed by atoms with Crippen molar-refractivity contribution in [3.63, 3.8) is 0 Å². The van der Waals surface area contributed by atoms with E-state index in [-0.39, 0.29) is 17.5 Å². The third-order valence-corrected chi connectivity index (χ3v) is 3.38. The van der Waals surface area contributed by atoms with Gasteiger partial charge in [0.2, 0.25) is 5.91 Å². The van der Waals surface area contributed by atoms with Crippen LogP contribution in [0.5, 0.6) is 0 Å². The molecule has 2 rings (SSSR count). The predicted molar refractivity (Wildman–Crippen MR) is 73.1 cm³/mol. The quantitative estimate of drug-likeness (QED) is 0.836. The molecule has 1 aliphatic rings. The van der Waals surface area contributed by atoms with Crippen LogP contribution < -0.4 is 11.1 Å². The van der Waals surface area contributed by atoms with Crippen molar-refractivity contribution in [1.82, 2.24) is 5.32 Å². The van der Waals surface area contributed by atoms with Crippen LogP contribution in [-0.2, 0) is 16.8 Å². The first-order chi connectivity index (χ1) is 8.49. The van der Waals surface area contributed by atoms with E-state index >= 15 is 0 Å². The van der Waals surface area contributed by atoms with E-state index in [2.05, 4.69) is 23.5 Å². The lowest BCUT2D eigenvalue weighted by atomic mass is 10.0. The maximum absolute atomic E-state index is 11.6. The van der Waals surface area contributed by atoms with Crippen molar-refractivity contribution in [1.29, 1.82) is 0 Å². The molecule has 1 saturated carbocycles. The van der Waals surface area contributed by atoms with E-state index in [1.807, 2.05) is 19.9 Å². The van der Waals surface area contributed by atoms with E-state index in [1.54, 1.807) is 0 Å². The predicted octanol–water partition coefficient (Wildman–Crippen LogP) is 2.09. The molecule has 1 aromatic carbocycles. The molecule has 0 radical (unpaired) electrons. The van der Waals surface area contributed by atoms with Gasteiger partial charge < -0.3 is 11.1 Å². The molecule has 3 heteroatoms. The number of carbonyl (C=O) groups excluding carboxylic acids is 1. The van der Waals surface area contributed by atoms with E-state index in [9.17, 15) is 4.79 Å². The normalized spacial score (nSPS) is 16.7. The smallest absolute Gasteiger partial charge is 0.220 e. The number of nitrogens with one attached hydrogen (secondary N) is 1. The van der Waals surface area contributed by atoms with Crippen molar-refractivity contribution >= 4 is 5.91 Å². The molecule has 0 spiro atoms. The van der Waals surface area contributed by atoms with Crippen molar-refractivity contribution < 1.29 is 4.79 Å². The van der Waals surface area contributed by atoms with Gasteiger partial charge in [-0.05, 0) is 44.2 Å². The Morgan fingerprint density at radius 2 is 2.17 bits per heavy atom. The van der Waals surface area contributed by atoms with Gasteiger partial charge in [0.05, 0.1) is 0 Å². The average molecular weight is 246 g/mol. The highest BCUT2D eigenvalue weighted by Gasteiger charge is 2.39. The molecule has 0 aliphatic heterocycles. The number of hydrogen-bond acceptors (Lipinski definition) is 2. The maximum Gasteiger partial charge on any atom is 0.220 e. The molecule has 0 atom stereocenters. The fourth-order valence-corrected chi connectivity index (χ4v) is 2.11. The van der Waals surface area contributed by atoms with Gasteiger partial charge in [-0.15, -0.1) is 0 Å². The minimum atomic E-state index is -0.0871. The lowest BCUT2D eigenvalue weighted by Gasteiger charge is -2.11. The van der Waals surface area contributed by atoms with Crippen LogP contribution in [-0.4, -0.2) is 11.9 Å². The molecule has 98 valence electrons. The molecule has 1 fully saturated rings. The minimum absolute atomic E-state index is 0.0871. The van der Waals surface area contributed by atoms with E-state index < -0.39 is 0 Å². The summed E-state index contributed by atoms with van der Waals surface area (Å²) in [4.78, 5) is 11.6. The van der Waals surface area contributed by atoms with Crippen LogP contribution in [0.4, 0.5) is 0 Å². The summed E-state index contributed by atoms with van der Waals surface area (Å²) in [5, 5.41) is 2.91. The van der Waals surface area contributed by atoms with Crippen LogP contribution in [0.15, 0.2) is 24.3 Å². The zero-order valence-corrected chi connectivity index (χ0v) is 11.2. The lowest BCUT2D eigenvalue weighted by molar-refractivity contribution is -0.121. The summed E-state index contributed by atoms with van der Waals surface area (Å²) in [5.74, 6) is 0.115. The molecule has 18 heavy (non-hydrogen) atoms. The van der Waals surface area contributed by atoms with Crippen LogP contribution in [0.1, 0.15) is 44.2 Å². The van der Waals surface area contributed by atoms with Crippen LogP contribution in [0.25, 0.3) is 0 Å². The van der Waals surface area contributed by atoms with Crippen molar-refractivity contribution in [3.8, 4) is 0 Å². The van der Waals surface area contributed by atoms with Crippen molar-refractivity contribution in [2.24, 2.45) is 5.73 Å². The van der Waals surface area contributed by atoms with E-state index in [1.165, 1.54) is 11.1 Å². The number of rotatable bonds is 5. The molecule has 0 unspecified atom stereocenters. The molecule has 0 heterocycles. The summed E-state index contributed by atoms with van der Waals surface area (Å²) >= 11 is 0. The highest BCUT2D eigenvalue weighted by molar-refractivity contribution is 5.76. The van der Waals surface area contributed by atoms with Gasteiger partial charge in [-0.25, -0.2) is 0 Å². The molecule has 0 aromatic heterocycles. The molecule has 1 aliphatic carbocycles. The van der Waals surface area contributed by atoms with E-state index in [0.717, 1.165) is 19.3 Å². The monoisotopic (exact) mass is 246 g/mol. The zero-order valence-electron chi connectivity index (χ0n) is 11.2. The zero-order chi connectivity index (χ0) is 13.2. The molecular weight excluding hydrogens is 224 g/mol. The van der Waals surface area contributed by atoms with Crippen LogP contribution in [0.2, 0.25) is 0 Å².